The summed E-state index contributed by atoms with van der Waals surface area (Å²) in [6.07, 6.45) is 4.12. The Bertz CT molecular complexity index is 704. The molecule has 1 heterocycles. The van der Waals surface area contributed by atoms with Gasteiger partial charge >= 0.3 is 0 Å². The van der Waals surface area contributed by atoms with Crippen LogP contribution in [0, 0.1) is 6.92 Å². The van der Waals surface area contributed by atoms with E-state index < -0.39 is 0 Å². The minimum absolute atomic E-state index is 0.644. The van der Waals surface area contributed by atoms with Crippen LogP contribution in [-0.4, -0.2) is 11.3 Å². The highest BCUT2D eigenvalue weighted by Gasteiger charge is 2.09. The lowest BCUT2D eigenvalue weighted by Gasteiger charge is -2.06. The Morgan fingerprint density at radius 1 is 1.00 bits per heavy atom. The molecule has 0 spiro atoms. The molecule has 0 aliphatic carbocycles. The van der Waals surface area contributed by atoms with Crippen molar-refractivity contribution in [2.45, 2.75) is 13.5 Å². The van der Waals surface area contributed by atoms with Crippen LogP contribution in [0.25, 0.3) is 5.69 Å². The highest BCUT2D eigenvalue weighted by atomic mass is 16.5. The summed E-state index contributed by atoms with van der Waals surface area (Å²) in [6.45, 7) is 3.52. The summed E-state index contributed by atoms with van der Waals surface area (Å²) in [4.78, 5) is 0. The molecule has 1 aromatic heterocycles. The van der Waals surface area contributed by atoms with E-state index in [1.54, 1.807) is 0 Å². The SMILES string of the molecule is Cc1cccc(OCC[n+]2cccn2-c2ccccc2)c1. The Morgan fingerprint density at radius 3 is 2.67 bits per heavy atom. The van der Waals surface area contributed by atoms with Crippen molar-refractivity contribution in [2.24, 2.45) is 0 Å². The third-order valence-electron chi connectivity index (χ3n) is 3.36. The third-order valence-corrected chi connectivity index (χ3v) is 3.36. The summed E-state index contributed by atoms with van der Waals surface area (Å²) < 4.78 is 10.1. The van der Waals surface area contributed by atoms with Gasteiger partial charge < -0.3 is 4.74 Å². The zero-order valence-corrected chi connectivity index (χ0v) is 12.1. The molecular weight excluding hydrogens is 260 g/mol. The molecule has 2 aromatic carbocycles. The molecule has 0 atom stereocenters. The van der Waals surface area contributed by atoms with Crippen LogP contribution in [0.15, 0.2) is 73.1 Å². The maximum atomic E-state index is 5.82. The standard InChI is InChI=1S/C18H19N2O/c1-16-7-5-10-18(15-16)21-14-13-19-11-6-12-20(19)17-8-3-2-4-9-17/h2-12,15H,13-14H2,1H3/q+1. The lowest BCUT2D eigenvalue weighted by Crippen LogP contribution is -2.43. The monoisotopic (exact) mass is 279 g/mol. The zero-order valence-electron chi connectivity index (χ0n) is 12.1. The van der Waals surface area contributed by atoms with E-state index in [-0.39, 0.29) is 0 Å². The molecule has 0 aliphatic heterocycles. The molecule has 21 heavy (non-hydrogen) atoms. The van der Waals surface area contributed by atoms with Crippen molar-refractivity contribution >= 4 is 0 Å². The fourth-order valence-corrected chi connectivity index (χ4v) is 2.34. The average Bonchev–Trinajstić information content (AvgIpc) is 2.97. The van der Waals surface area contributed by atoms with Gasteiger partial charge in [-0.1, -0.05) is 30.3 Å². The molecule has 3 heteroatoms. The van der Waals surface area contributed by atoms with Gasteiger partial charge in [0.05, 0.1) is 6.20 Å². The molecule has 0 unspecified atom stereocenters. The van der Waals surface area contributed by atoms with Gasteiger partial charge in [0.1, 0.15) is 18.0 Å². The van der Waals surface area contributed by atoms with Gasteiger partial charge in [0.25, 0.3) is 0 Å². The van der Waals surface area contributed by atoms with Crippen molar-refractivity contribution in [2.75, 3.05) is 6.61 Å². The second kappa shape index (κ2) is 6.27. The minimum Gasteiger partial charge on any atom is -0.487 e. The first-order valence-electron chi connectivity index (χ1n) is 7.15. The van der Waals surface area contributed by atoms with E-state index in [4.69, 9.17) is 4.74 Å². The van der Waals surface area contributed by atoms with Crippen LogP contribution in [-0.2, 0) is 6.54 Å². The van der Waals surface area contributed by atoms with Gasteiger partial charge in [-0.2, -0.15) is 0 Å². The number of nitrogens with zero attached hydrogens (tertiary/aromatic N) is 2. The maximum absolute atomic E-state index is 5.82. The topological polar surface area (TPSA) is 18.0 Å². The summed E-state index contributed by atoms with van der Waals surface area (Å²) >= 11 is 0. The normalized spacial score (nSPS) is 10.5. The van der Waals surface area contributed by atoms with E-state index in [2.05, 4.69) is 52.9 Å². The first kappa shape index (κ1) is 13.4. The predicted molar refractivity (Wildman–Crippen MR) is 82.6 cm³/mol. The number of aryl methyl sites for hydroxylation is 1. The maximum Gasteiger partial charge on any atom is 0.206 e. The molecule has 106 valence electrons. The van der Waals surface area contributed by atoms with Crippen molar-refractivity contribution in [3.8, 4) is 11.4 Å². The molecule has 0 amide bonds. The first-order chi connectivity index (χ1) is 10.3. The second-order valence-electron chi connectivity index (χ2n) is 5.00. The summed E-state index contributed by atoms with van der Waals surface area (Å²) in [6, 6.07) is 20.5. The molecular formula is C18H19N2O+. The minimum atomic E-state index is 0.644. The van der Waals surface area contributed by atoms with E-state index in [1.807, 2.05) is 36.4 Å². The van der Waals surface area contributed by atoms with Crippen LogP contribution in [0.1, 0.15) is 5.56 Å². The summed E-state index contributed by atoms with van der Waals surface area (Å²) in [5, 5.41) is 0. The Kier molecular flexibility index (Phi) is 4.01. The summed E-state index contributed by atoms with van der Waals surface area (Å²) in [5.41, 5.74) is 2.37. The number of hydrogen-bond acceptors (Lipinski definition) is 1. The summed E-state index contributed by atoms with van der Waals surface area (Å²) in [5.74, 6) is 0.924. The Labute approximate surface area is 125 Å². The van der Waals surface area contributed by atoms with Gasteiger partial charge in [0.15, 0.2) is 6.20 Å². The Hall–Kier alpha value is -2.55. The highest BCUT2D eigenvalue weighted by Crippen LogP contribution is 2.12. The Balaban J connectivity index is 1.66. The van der Waals surface area contributed by atoms with Gasteiger partial charge in [-0.3, -0.25) is 0 Å². The molecule has 3 nitrogen and oxygen atoms in total. The molecule has 0 fully saturated rings. The first-order valence-corrected chi connectivity index (χ1v) is 7.15. The fraction of sp³-hybridized carbons (Fsp3) is 0.167. The molecule has 3 rings (SSSR count). The number of hydrogen-bond donors (Lipinski definition) is 0. The van der Waals surface area contributed by atoms with Crippen molar-refractivity contribution < 1.29 is 9.42 Å². The van der Waals surface area contributed by atoms with Crippen molar-refractivity contribution in [3.05, 3.63) is 78.6 Å². The number of ether oxygens (including phenoxy) is 1. The van der Waals surface area contributed by atoms with Crippen LogP contribution >= 0.6 is 0 Å². The molecule has 0 saturated heterocycles. The van der Waals surface area contributed by atoms with Crippen LogP contribution in [0.2, 0.25) is 0 Å². The number of benzene rings is 2. The van der Waals surface area contributed by atoms with Crippen LogP contribution in [0.5, 0.6) is 5.75 Å². The molecule has 0 N–H and O–H groups in total. The smallest absolute Gasteiger partial charge is 0.206 e. The lowest BCUT2D eigenvalue weighted by molar-refractivity contribution is -0.766. The third kappa shape index (κ3) is 3.31. The van der Waals surface area contributed by atoms with Crippen LogP contribution in [0.3, 0.4) is 0 Å². The van der Waals surface area contributed by atoms with Crippen molar-refractivity contribution in [1.29, 1.82) is 0 Å². The van der Waals surface area contributed by atoms with Crippen LogP contribution < -0.4 is 9.42 Å². The summed E-state index contributed by atoms with van der Waals surface area (Å²) in [7, 11) is 0. The van der Waals surface area contributed by atoms with E-state index >= 15 is 0 Å². The zero-order chi connectivity index (χ0) is 14.5. The second-order valence-corrected chi connectivity index (χ2v) is 5.00. The van der Waals surface area contributed by atoms with Crippen molar-refractivity contribution in [1.82, 2.24) is 4.68 Å². The van der Waals surface area contributed by atoms with Crippen molar-refractivity contribution in [3.63, 3.8) is 0 Å². The molecule has 0 aliphatic rings. The molecule has 0 radical (unpaired) electrons. The number of para-hydroxylation sites is 1. The quantitative estimate of drug-likeness (QED) is 0.656. The van der Waals surface area contributed by atoms with E-state index in [9.17, 15) is 0 Å². The molecule has 3 aromatic rings. The highest BCUT2D eigenvalue weighted by molar-refractivity contribution is 5.29. The largest absolute Gasteiger partial charge is 0.487 e. The fourth-order valence-electron chi connectivity index (χ4n) is 2.34. The molecule has 0 saturated carbocycles. The van der Waals surface area contributed by atoms with Gasteiger partial charge in [-0.15, -0.1) is 9.36 Å². The van der Waals surface area contributed by atoms with Gasteiger partial charge in [0.2, 0.25) is 6.54 Å². The van der Waals surface area contributed by atoms with Gasteiger partial charge in [-0.25, -0.2) is 0 Å². The van der Waals surface area contributed by atoms with E-state index in [0.29, 0.717) is 6.61 Å². The Morgan fingerprint density at radius 2 is 1.86 bits per heavy atom. The number of rotatable bonds is 5. The van der Waals surface area contributed by atoms with Crippen LogP contribution in [0.4, 0.5) is 0 Å². The number of aromatic nitrogens is 2. The predicted octanol–water partition coefficient (Wildman–Crippen LogP) is 3.15. The van der Waals surface area contributed by atoms with Gasteiger partial charge in [0, 0.05) is 6.07 Å². The molecule has 0 bridgehead atoms. The van der Waals surface area contributed by atoms with Gasteiger partial charge in [-0.05, 0) is 36.8 Å². The van der Waals surface area contributed by atoms with E-state index in [1.165, 1.54) is 5.56 Å². The van der Waals surface area contributed by atoms with E-state index in [0.717, 1.165) is 18.0 Å². The lowest BCUT2D eigenvalue weighted by atomic mass is 10.2. The average molecular weight is 279 g/mol.